The monoisotopic (exact) mass is 342 g/mol. The van der Waals surface area contributed by atoms with Gasteiger partial charge in [-0.15, -0.1) is 0 Å². The van der Waals surface area contributed by atoms with Gasteiger partial charge in [-0.25, -0.2) is 0 Å². The van der Waals surface area contributed by atoms with Crippen LogP contribution in [-0.2, 0) is 10.2 Å². The number of rotatable bonds is 1. The van der Waals surface area contributed by atoms with Crippen LogP contribution in [0, 0.1) is 0 Å². The van der Waals surface area contributed by atoms with Crippen LogP contribution in [0.2, 0.25) is 0 Å². The Morgan fingerprint density at radius 3 is 2.48 bits per heavy atom. The zero-order chi connectivity index (χ0) is 17.6. The normalized spacial score (nSPS) is 22.5. The summed E-state index contributed by atoms with van der Waals surface area (Å²) in [6.07, 6.45) is 5.59. The third-order valence-corrected chi connectivity index (χ3v) is 6.26. The number of aliphatic hydroxyl groups is 1. The number of carbonyl (C=O) groups is 2. The summed E-state index contributed by atoms with van der Waals surface area (Å²) in [6.45, 7) is 3.60. The molecule has 1 saturated carbocycles. The van der Waals surface area contributed by atoms with E-state index in [0.29, 0.717) is 31.5 Å². The Labute approximate surface area is 148 Å². The fourth-order valence-electron chi connectivity index (χ4n) is 4.81. The smallest absolute Gasteiger partial charge is 0.253 e. The van der Waals surface area contributed by atoms with E-state index in [9.17, 15) is 14.7 Å². The Morgan fingerprint density at radius 1 is 1.16 bits per heavy atom. The highest BCUT2D eigenvalue weighted by Gasteiger charge is 2.46. The number of aliphatic hydroxyl groups excluding tert-OH is 1. The highest BCUT2D eigenvalue weighted by Crippen LogP contribution is 2.50. The molecule has 5 nitrogen and oxygen atoms in total. The van der Waals surface area contributed by atoms with E-state index in [-0.39, 0.29) is 23.3 Å². The molecule has 134 valence electrons. The molecule has 1 aliphatic carbocycles. The first-order chi connectivity index (χ1) is 12.0. The number of nitrogens with zero attached hydrogens (tertiary/aromatic N) is 2. The molecule has 1 aromatic carbocycles. The molecule has 2 amide bonds. The molecule has 2 fully saturated rings. The molecule has 4 rings (SSSR count). The molecule has 5 heteroatoms. The van der Waals surface area contributed by atoms with Gasteiger partial charge in [0.1, 0.15) is 0 Å². The van der Waals surface area contributed by atoms with Gasteiger partial charge in [-0.2, -0.15) is 0 Å². The van der Waals surface area contributed by atoms with Crippen molar-refractivity contribution in [3.05, 3.63) is 29.3 Å². The SMILES string of the molecule is CC(=O)N1CC2(CCCC2)c2cc(C(=O)N3CCC(O)CC3)ccc21. The lowest BCUT2D eigenvalue weighted by molar-refractivity contribution is -0.116. The fraction of sp³-hybridized carbons (Fsp3) is 0.600. The van der Waals surface area contributed by atoms with Gasteiger partial charge < -0.3 is 14.9 Å². The molecule has 0 unspecified atom stereocenters. The van der Waals surface area contributed by atoms with E-state index in [0.717, 1.165) is 25.1 Å². The minimum Gasteiger partial charge on any atom is -0.393 e. The van der Waals surface area contributed by atoms with Crippen LogP contribution < -0.4 is 4.90 Å². The molecule has 0 radical (unpaired) electrons. The number of hydrogen-bond donors (Lipinski definition) is 1. The van der Waals surface area contributed by atoms with Crippen molar-refractivity contribution >= 4 is 17.5 Å². The molecular formula is C20H26N2O3. The summed E-state index contributed by atoms with van der Waals surface area (Å²) in [6, 6.07) is 5.85. The van der Waals surface area contributed by atoms with Gasteiger partial charge in [-0.1, -0.05) is 12.8 Å². The highest BCUT2D eigenvalue weighted by atomic mass is 16.3. The van der Waals surface area contributed by atoms with Gasteiger partial charge >= 0.3 is 0 Å². The molecule has 0 aromatic heterocycles. The van der Waals surface area contributed by atoms with Crippen LogP contribution in [0.25, 0.3) is 0 Å². The van der Waals surface area contributed by atoms with Crippen LogP contribution in [0.4, 0.5) is 5.69 Å². The molecule has 0 bridgehead atoms. The average molecular weight is 342 g/mol. The number of amides is 2. The largest absolute Gasteiger partial charge is 0.393 e. The molecule has 1 saturated heterocycles. The predicted molar refractivity (Wildman–Crippen MR) is 95.8 cm³/mol. The summed E-state index contributed by atoms with van der Waals surface area (Å²) in [5.74, 6) is 0.123. The minimum absolute atomic E-state index is 0.0371. The maximum Gasteiger partial charge on any atom is 0.253 e. The molecule has 2 heterocycles. The number of fused-ring (bicyclic) bond motifs is 2. The van der Waals surface area contributed by atoms with Gasteiger partial charge in [0.2, 0.25) is 5.91 Å². The first kappa shape index (κ1) is 16.6. The van der Waals surface area contributed by atoms with E-state index in [2.05, 4.69) is 0 Å². The summed E-state index contributed by atoms with van der Waals surface area (Å²) >= 11 is 0. The average Bonchev–Trinajstić information content (AvgIpc) is 3.21. The van der Waals surface area contributed by atoms with Crippen LogP contribution in [0.1, 0.15) is 61.4 Å². The summed E-state index contributed by atoms with van der Waals surface area (Å²) < 4.78 is 0. The standard InChI is InChI=1S/C20H26N2O3/c1-14(23)22-13-20(8-2-3-9-20)17-12-15(4-5-18(17)22)19(25)21-10-6-16(24)7-11-21/h4-5,12,16,24H,2-3,6-11,13H2,1H3. The Bertz CT molecular complexity index is 701. The second-order valence-electron chi connectivity index (χ2n) is 7.85. The van der Waals surface area contributed by atoms with Gasteiger partial charge in [-0.05, 0) is 49.4 Å². The summed E-state index contributed by atoms with van der Waals surface area (Å²) in [5, 5.41) is 9.65. The highest BCUT2D eigenvalue weighted by molar-refractivity contribution is 5.98. The van der Waals surface area contributed by atoms with Gasteiger partial charge in [0.15, 0.2) is 0 Å². The topological polar surface area (TPSA) is 60.9 Å². The Balaban J connectivity index is 1.66. The summed E-state index contributed by atoms with van der Waals surface area (Å²) in [5.41, 5.74) is 2.92. The molecular weight excluding hydrogens is 316 g/mol. The lowest BCUT2D eigenvalue weighted by atomic mass is 9.80. The molecule has 1 N–H and O–H groups in total. The Morgan fingerprint density at radius 2 is 1.84 bits per heavy atom. The van der Waals surface area contributed by atoms with Gasteiger partial charge in [0, 0.05) is 43.2 Å². The zero-order valence-electron chi connectivity index (χ0n) is 14.8. The van der Waals surface area contributed by atoms with Crippen molar-refractivity contribution in [2.75, 3.05) is 24.5 Å². The third kappa shape index (κ3) is 2.74. The Kier molecular flexibility index (Phi) is 4.07. The lowest BCUT2D eigenvalue weighted by Gasteiger charge is -2.30. The number of hydrogen-bond acceptors (Lipinski definition) is 3. The maximum atomic E-state index is 12.9. The van der Waals surface area contributed by atoms with E-state index in [1.165, 1.54) is 18.4 Å². The zero-order valence-corrected chi connectivity index (χ0v) is 14.8. The van der Waals surface area contributed by atoms with Crippen molar-refractivity contribution in [3.8, 4) is 0 Å². The number of likely N-dealkylation sites (tertiary alicyclic amines) is 1. The van der Waals surface area contributed by atoms with Crippen molar-refractivity contribution < 1.29 is 14.7 Å². The first-order valence-corrected chi connectivity index (χ1v) is 9.40. The van der Waals surface area contributed by atoms with Crippen molar-refractivity contribution in [2.24, 2.45) is 0 Å². The number of benzene rings is 1. The van der Waals surface area contributed by atoms with Crippen molar-refractivity contribution in [1.29, 1.82) is 0 Å². The quantitative estimate of drug-likeness (QED) is 0.853. The van der Waals surface area contributed by atoms with E-state index in [1.807, 2.05) is 28.0 Å². The van der Waals surface area contributed by atoms with Gasteiger partial charge in [0.25, 0.3) is 5.91 Å². The fourth-order valence-corrected chi connectivity index (χ4v) is 4.81. The maximum absolute atomic E-state index is 12.9. The van der Waals surface area contributed by atoms with E-state index < -0.39 is 0 Å². The van der Waals surface area contributed by atoms with E-state index >= 15 is 0 Å². The molecule has 2 aliphatic heterocycles. The van der Waals surface area contributed by atoms with Crippen LogP contribution in [-0.4, -0.2) is 47.6 Å². The van der Waals surface area contributed by atoms with Gasteiger partial charge in [-0.3, -0.25) is 9.59 Å². The number of anilines is 1. The molecule has 1 aromatic rings. The third-order valence-electron chi connectivity index (χ3n) is 6.26. The Hall–Kier alpha value is -1.88. The number of carbonyl (C=O) groups excluding carboxylic acids is 2. The minimum atomic E-state index is -0.282. The van der Waals surface area contributed by atoms with Crippen molar-refractivity contribution in [1.82, 2.24) is 4.90 Å². The second kappa shape index (κ2) is 6.13. The van der Waals surface area contributed by atoms with Crippen LogP contribution in [0.15, 0.2) is 18.2 Å². The van der Waals surface area contributed by atoms with E-state index in [1.54, 1.807) is 6.92 Å². The van der Waals surface area contributed by atoms with E-state index in [4.69, 9.17) is 0 Å². The second-order valence-corrected chi connectivity index (χ2v) is 7.85. The van der Waals surface area contributed by atoms with Crippen molar-refractivity contribution in [2.45, 2.75) is 57.0 Å². The van der Waals surface area contributed by atoms with Crippen LogP contribution in [0.3, 0.4) is 0 Å². The predicted octanol–water partition coefficient (Wildman–Crippen LogP) is 2.46. The summed E-state index contributed by atoms with van der Waals surface area (Å²) in [4.78, 5) is 28.7. The lowest BCUT2D eigenvalue weighted by Crippen LogP contribution is -2.40. The molecule has 3 aliphatic rings. The summed E-state index contributed by atoms with van der Waals surface area (Å²) in [7, 11) is 0. The van der Waals surface area contributed by atoms with Gasteiger partial charge in [0.05, 0.1) is 6.10 Å². The molecule has 25 heavy (non-hydrogen) atoms. The van der Waals surface area contributed by atoms with Crippen molar-refractivity contribution in [3.63, 3.8) is 0 Å². The number of piperidine rings is 1. The molecule has 1 spiro atoms. The first-order valence-electron chi connectivity index (χ1n) is 9.40. The van der Waals surface area contributed by atoms with Crippen LogP contribution >= 0.6 is 0 Å². The molecule has 0 atom stereocenters. The van der Waals surface area contributed by atoms with Crippen LogP contribution in [0.5, 0.6) is 0 Å².